The van der Waals surface area contributed by atoms with Crippen LogP contribution < -0.4 is 20.1 Å². The maximum atomic E-state index is 14.1. The van der Waals surface area contributed by atoms with Crippen molar-refractivity contribution in [3.8, 4) is 22.8 Å². The summed E-state index contributed by atoms with van der Waals surface area (Å²) in [6.45, 7) is 10.7. The lowest BCUT2D eigenvalue weighted by atomic mass is 10.1. The number of hydrogen-bond donors (Lipinski definition) is 1. The van der Waals surface area contributed by atoms with Crippen LogP contribution in [-0.4, -0.2) is 59.3 Å². The van der Waals surface area contributed by atoms with E-state index in [-0.39, 0.29) is 33.7 Å². The Morgan fingerprint density at radius 1 is 1.17 bits per heavy atom. The van der Waals surface area contributed by atoms with Crippen molar-refractivity contribution in [3.63, 3.8) is 0 Å². The number of carbonyl (C=O) groups excluding carboxylic acids is 1. The molecule has 0 unspecified atom stereocenters. The molecule has 2 N–H and O–H groups in total. The van der Waals surface area contributed by atoms with Gasteiger partial charge in [0.1, 0.15) is 17.5 Å². The van der Waals surface area contributed by atoms with E-state index in [1.165, 1.54) is 12.1 Å². The van der Waals surface area contributed by atoms with Crippen LogP contribution >= 0.6 is 23.2 Å². The molecule has 1 aromatic carbocycles. The number of nitrogen functional groups attached to an aromatic ring is 1. The fourth-order valence-corrected chi connectivity index (χ4v) is 5.26. The fraction of sp³-hybridized carbons (Fsp3) is 0.414. The van der Waals surface area contributed by atoms with Crippen molar-refractivity contribution in [2.45, 2.75) is 52.4 Å². The van der Waals surface area contributed by atoms with E-state index in [9.17, 15) is 9.18 Å². The molecule has 2 aromatic heterocycles. The molecule has 0 saturated carbocycles. The van der Waals surface area contributed by atoms with Crippen LogP contribution in [-0.2, 0) is 4.74 Å². The third-order valence-electron chi connectivity index (χ3n) is 6.58. The molecule has 3 heterocycles. The van der Waals surface area contributed by atoms with Gasteiger partial charge in [-0.15, -0.1) is 0 Å². The lowest BCUT2D eigenvalue weighted by Crippen LogP contribution is -2.54. The van der Waals surface area contributed by atoms with Crippen LogP contribution in [0.15, 0.2) is 36.5 Å². The number of pyridine rings is 2. The third kappa shape index (κ3) is 6.87. The van der Waals surface area contributed by atoms with E-state index in [1.54, 1.807) is 31.2 Å². The summed E-state index contributed by atoms with van der Waals surface area (Å²) in [6, 6.07) is 7.91. The van der Waals surface area contributed by atoms with Crippen LogP contribution in [0.25, 0.3) is 11.3 Å². The summed E-state index contributed by atoms with van der Waals surface area (Å²) in [7, 11) is 1.59. The molecule has 1 fully saturated rings. The molecule has 4 rings (SSSR count). The molecule has 0 radical (unpaired) electrons. The van der Waals surface area contributed by atoms with Gasteiger partial charge in [0, 0.05) is 48.0 Å². The van der Waals surface area contributed by atoms with Gasteiger partial charge in [0.05, 0.1) is 17.8 Å². The number of benzene rings is 1. The van der Waals surface area contributed by atoms with E-state index in [4.69, 9.17) is 48.1 Å². The van der Waals surface area contributed by atoms with Gasteiger partial charge in [0.2, 0.25) is 0 Å². The van der Waals surface area contributed by atoms with E-state index >= 15 is 0 Å². The van der Waals surface area contributed by atoms with Crippen LogP contribution in [0, 0.1) is 5.82 Å². The lowest BCUT2D eigenvalue weighted by molar-refractivity contribution is 0.0218. The monoisotopic (exact) mass is 605 g/mol. The third-order valence-corrected chi connectivity index (χ3v) is 7.29. The van der Waals surface area contributed by atoms with Crippen LogP contribution in [0.5, 0.6) is 11.5 Å². The molecule has 220 valence electrons. The summed E-state index contributed by atoms with van der Waals surface area (Å²) in [5.41, 5.74) is 7.10. The standard InChI is InChI=1S/C29H34Cl2FN5O4/c1-16-15-36(28(38)41-29(3,4)5)11-12-37(16)27-22(39-6)10-9-21(35-27)18-13-23(26(33)34-14-18)40-17(2)24-19(30)7-8-20(32)25(24)31/h7-10,13-14,16-17H,11-12,15H2,1-6H3,(H2,33,34)/t16-,17+/m0/s1. The largest absolute Gasteiger partial charge is 0.493 e. The number of amides is 1. The molecule has 2 atom stereocenters. The molecule has 0 aliphatic carbocycles. The number of halogens is 3. The van der Waals surface area contributed by atoms with E-state index in [0.29, 0.717) is 48.0 Å². The van der Waals surface area contributed by atoms with Crippen LogP contribution in [0.2, 0.25) is 10.0 Å². The number of methoxy groups -OCH3 is 1. The van der Waals surface area contributed by atoms with Crippen molar-refractivity contribution >= 4 is 40.9 Å². The van der Waals surface area contributed by atoms with E-state index in [0.717, 1.165) is 0 Å². The van der Waals surface area contributed by atoms with Gasteiger partial charge in [-0.2, -0.15) is 0 Å². The number of carbonyl (C=O) groups is 1. The zero-order chi connectivity index (χ0) is 30.1. The Morgan fingerprint density at radius 3 is 2.56 bits per heavy atom. The Labute approximate surface area is 249 Å². The minimum Gasteiger partial charge on any atom is -0.493 e. The normalized spacial score (nSPS) is 16.4. The maximum Gasteiger partial charge on any atom is 0.410 e. The molecular weight excluding hydrogens is 572 g/mol. The van der Waals surface area contributed by atoms with Crippen molar-refractivity contribution in [3.05, 3.63) is 58.0 Å². The average molecular weight is 607 g/mol. The predicted octanol–water partition coefficient (Wildman–Crippen LogP) is 6.77. The average Bonchev–Trinajstić information content (AvgIpc) is 2.91. The number of ether oxygens (including phenoxy) is 3. The Morgan fingerprint density at radius 2 is 1.90 bits per heavy atom. The fourth-order valence-electron chi connectivity index (χ4n) is 4.58. The molecule has 1 aliphatic rings. The van der Waals surface area contributed by atoms with Gasteiger partial charge >= 0.3 is 6.09 Å². The van der Waals surface area contributed by atoms with Crippen LogP contribution in [0.1, 0.15) is 46.3 Å². The summed E-state index contributed by atoms with van der Waals surface area (Å²) < 4.78 is 31.3. The van der Waals surface area contributed by atoms with Gasteiger partial charge in [-0.3, -0.25) is 0 Å². The van der Waals surface area contributed by atoms with E-state index in [1.807, 2.05) is 39.8 Å². The summed E-state index contributed by atoms with van der Waals surface area (Å²) in [5.74, 6) is 1.04. The van der Waals surface area contributed by atoms with E-state index in [2.05, 4.69) is 9.88 Å². The molecule has 12 heteroatoms. The van der Waals surface area contributed by atoms with Gasteiger partial charge in [-0.1, -0.05) is 23.2 Å². The second kappa shape index (κ2) is 12.2. The molecular formula is C29H34Cl2FN5O4. The van der Waals surface area contributed by atoms with Gasteiger partial charge in [-0.05, 0) is 65.0 Å². The van der Waals surface area contributed by atoms with Crippen molar-refractivity contribution in [1.29, 1.82) is 0 Å². The minimum absolute atomic E-state index is 0.0574. The lowest BCUT2D eigenvalue weighted by Gasteiger charge is -2.41. The number of nitrogens with two attached hydrogens (primary N) is 1. The molecule has 3 aromatic rings. The maximum absolute atomic E-state index is 14.1. The zero-order valence-electron chi connectivity index (χ0n) is 23.9. The molecule has 1 aliphatic heterocycles. The molecule has 9 nitrogen and oxygen atoms in total. The highest BCUT2D eigenvalue weighted by molar-refractivity contribution is 6.36. The first-order valence-corrected chi connectivity index (χ1v) is 13.9. The topological polar surface area (TPSA) is 103 Å². The Balaban J connectivity index is 1.59. The van der Waals surface area contributed by atoms with Gasteiger partial charge in [-0.25, -0.2) is 19.2 Å². The first kappa shape index (κ1) is 30.5. The van der Waals surface area contributed by atoms with Crippen LogP contribution in [0.3, 0.4) is 0 Å². The number of rotatable bonds is 6. The Kier molecular flexibility index (Phi) is 9.03. The Bertz CT molecular complexity index is 1440. The van der Waals surface area contributed by atoms with Crippen molar-refractivity contribution in [2.24, 2.45) is 0 Å². The molecule has 1 amide bonds. The van der Waals surface area contributed by atoms with Crippen molar-refractivity contribution in [1.82, 2.24) is 14.9 Å². The number of piperazine rings is 1. The summed E-state index contributed by atoms with van der Waals surface area (Å²) in [6.07, 6.45) is 0.539. The second-order valence-electron chi connectivity index (χ2n) is 10.8. The van der Waals surface area contributed by atoms with Gasteiger partial charge < -0.3 is 29.7 Å². The molecule has 0 spiro atoms. The van der Waals surface area contributed by atoms with E-state index < -0.39 is 17.5 Å². The summed E-state index contributed by atoms with van der Waals surface area (Å²) in [5, 5.41) is 0.156. The number of hydrogen-bond acceptors (Lipinski definition) is 8. The highest BCUT2D eigenvalue weighted by Crippen LogP contribution is 2.38. The number of aromatic nitrogens is 2. The first-order chi connectivity index (χ1) is 19.3. The number of anilines is 2. The summed E-state index contributed by atoms with van der Waals surface area (Å²) >= 11 is 12.5. The molecule has 1 saturated heterocycles. The zero-order valence-corrected chi connectivity index (χ0v) is 25.4. The predicted molar refractivity (Wildman–Crippen MR) is 159 cm³/mol. The second-order valence-corrected chi connectivity index (χ2v) is 11.6. The highest BCUT2D eigenvalue weighted by atomic mass is 35.5. The quantitative estimate of drug-likeness (QED) is 0.307. The first-order valence-electron chi connectivity index (χ1n) is 13.1. The van der Waals surface area contributed by atoms with Crippen LogP contribution in [0.4, 0.5) is 20.8 Å². The smallest absolute Gasteiger partial charge is 0.410 e. The van der Waals surface area contributed by atoms with Crippen molar-refractivity contribution < 1.29 is 23.4 Å². The SMILES string of the molecule is COc1ccc(-c2cnc(N)c(O[C@H](C)c3c(Cl)ccc(F)c3Cl)c2)nc1N1CCN(C(=O)OC(C)(C)C)C[C@@H]1C. The van der Waals surface area contributed by atoms with Gasteiger partial charge in [0.15, 0.2) is 23.1 Å². The highest BCUT2D eigenvalue weighted by Gasteiger charge is 2.32. The van der Waals surface area contributed by atoms with Gasteiger partial charge in [0.25, 0.3) is 0 Å². The number of nitrogens with zero attached hydrogens (tertiary/aromatic N) is 4. The summed E-state index contributed by atoms with van der Waals surface area (Å²) in [4.78, 5) is 25.6. The molecule has 41 heavy (non-hydrogen) atoms. The Hall–Kier alpha value is -3.50. The molecule has 0 bridgehead atoms. The minimum atomic E-state index is -0.716. The van der Waals surface area contributed by atoms with Crippen molar-refractivity contribution in [2.75, 3.05) is 37.4 Å².